The molecule has 1 aromatic carbocycles. The molecule has 0 radical (unpaired) electrons. The molecule has 0 heterocycles. The van der Waals surface area contributed by atoms with Gasteiger partial charge in [0.15, 0.2) is 0 Å². The molecule has 2 atom stereocenters. The Morgan fingerprint density at radius 1 is 1.14 bits per heavy atom. The van der Waals surface area contributed by atoms with Crippen LogP contribution in [0.1, 0.15) is 44.1 Å². The predicted molar refractivity (Wildman–Crippen MR) is 83.1 cm³/mol. The summed E-state index contributed by atoms with van der Waals surface area (Å²) in [5.41, 5.74) is 0.982. The fraction of sp³-hybridized carbons (Fsp3) is 0.625. The minimum absolute atomic E-state index is 0.196. The van der Waals surface area contributed by atoms with Gasteiger partial charge in [0, 0.05) is 12.6 Å². The molecule has 2 fully saturated rings. The summed E-state index contributed by atoms with van der Waals surface area (Å²) in [5.74, 6) is 1.90. The minimum Gasteiger partial charge on any atom is -0.310 e. The highest BCUT2D eigenvalue weighted by Gasteiger charge is 2.34. The first-order valence-corrected chi connectivity index (χ1v) is 9.42. The van der Waals surface area contributed by atoms with Crippen LogP contribution in [0.4, 0.5) is 0 Å². The third kappa shape index (κ3) is 4.05. The van der Waals surface area contributed by atoms with Crippen molar-refractivity contribution in [3.8, 4) is 0 Å². The van der Waals surface area contributed by atoms with Crippen LogP contribution >= 0.6 is 0 Å². The molecule has 116 valence electrons. The number of hydrogen-bond donors (Lipinski definition) is 2. The molecule has 1 aromatic rings. The number of primary sulfonamides is 1. The van der Waals surface area contributed by atoms with E-state index in [9.17, 15) is 8.42 Å². The van der Waals surface area contributed by atoms with Gasteiger partial charge in [-0.25, -0.2) is 13.6 Å². The van der Waals surface area contributed by atoms with Crippen LogP contribution in [0.2, 0.25) is 0 Å². The van der Waals surface area contributed by atoms with Crippen molar-refractivity contribution >= 4 is 10.0 Å². The molecule has 3 N–H and O–H groups in total. The van der Waals surface area contributed by atoms with Gasteiger partial charge >= 0.3 is 0 Å². The second-order valence-corrected chi connectivity index (χ2v) is 8.10. The van der Waals surface area contributed by atoms with Crippen LogP contribution in [0.3, 0.4) is 0 Å². The molecule has 0 bridgehead atoms. The van der Waals surface area contributed by atoms with Gasteiger partial charge in [-0.2, -0.15) is 0 Å². The average Bonchev–Trinajstić information content (AvgIpc) is 3.30. The third-order valence-corrected chi connectivity index (χ3v) is 5.74. The second-order valence-electron chi connectivity index (χ2n) is 6.53. The minimum atomic E-state index is -3.61. The Bertz CT molecular complexity index is 596. The van der Waals surface area contributed by atoms with E-state index in [0.717, 1.165) is 17.4 Å². The normalized spacial score (nSPS) is 26.7. The van der Waals surface area contributed by atoms with Gasteiger partial charge in [-0.1, -0.05) is 25.0 Å². The maximum Gasteiger partial charge on any atom is 0.238 e. The van der Waals surface area contributed by atoms with Crippen molar-refractivity contribution in [3.63, 3.8) is 0 Å². The molecule has 0 aromatic heterocycles. The Labute approximate surface area is 127 Å². The van der Waals surface area contributed by atoms with Crippen molar-refractivity contribution in [1.29, 1.82) is 0 Å². The summed E-state index contributed by atoms with van der Waals surface area (Å²) in [5, 5.41) is 8.77. The Kier molecular flexibility index (Phi) is 4.33. The van der Waals surface area contributed by atoms with Gasteiger partial charge in [-0.3, -0.25) is 0 Å². The van der Waals surface area contributed by atoms with Crippen molar-refractivity contribution in [2.45, 2.75) is 56.0 Å². The standard InChI is InChI=1S/C16H24N2O2S/c17-21(19,20)16-6-1-3-12(9-16)11-18-15-5-2-4-14(10-15)13-7-8-13/h1,3,6,9,13-15,18H,2,4-5,7-8,10-11H2,(H2,17,19,20). The van der Waals surface area contributed by atoms with Crippen molar-refractivity contribution in [2.24, 2.45) is 17.0 Å². The maximum atomic E-state index is 11.4. The number of nitrogens with two attached hydrogens (primary N) is 1. The van der Waals surface area contributed by atoms with E-state index in [2.05, 4.69) is 5.32 Å². The van der Waals surface area contributed by atoms with E-state index < -0.39 is 10.0 Å². The fourth-order valence-electron chi connectivity index (χ4n) is 3.50. The zero-order chi connectivity index (χ0) is 14.9. The summed E-state index contributed by atoms with van der Waals surface area (Å²) < 4.78 is 22.7. The Morgan fingerprint density at radius 3 is 2.67 bits per heavy atom. The van der Waals surface area contributed by atoms with Crippen LogP contribution < -0.4 is 10.5 Å². The molecule has 0 amide bonds. The summed E-state index contributed by atoms with van der Waals surface area (Å²) in [4.78, 5) is 0.196. The molecule has 2 aliphatic rings. The van der Waals surface area contributed by atoms with Gasteiger partial charge in [0.2, 0.25) is 10.0 Å². The predicted octanol–water partition coefficient (Wildman–Crippen LogP) is 2.39. The van der Waals surface area contributed by atoms with E-state index in [-0.39, 0.29) is 4.90 Å². The highest BCUT2D eigenvalue weighted by Crippen LogP contribution is 2.43. The van der Waals surface area contributed by atoms with Gasteiger partial charge in [-0.15, -0.1) is 0 Å². The van der Waals surface area contributed by atoms with Crippen molar-refractivity contribution in [2.75, 3.05) is 0 Å². The van der Waals surface area contributed by atoms with Gasteiger partial charge < -0.3 is 5.32 Å². The summed E-state index contributed by atoms with van der Waals surface area (Å²) in [6.07, 6.45) is 8.07. The highest BCUT2D eigenvalue weighted by molar-refractivity contribution is 7.89. The Morgan fingerprint density at radius 2 is 1.95 bits per heavy atom. The van der Waals surface area contributed by atoms with Crippen LogP contribution in [-0.4, -0.2) is 14.5 Å². The lowest BCUT2D eigenvalue weighted by Gasteiger charge is -2.30. The van der Waals surface area contributed by atoms with Gasteiger partial charge in [-0.05, 0) is 55.2 Å². The van der Waals surface area contributed by atoms with Crippen LogP contribution in [0.25, 0.3) is 0 Å². The zero-order valence-electron chi connectivity index (χ0n) is 12.3. The topological polar surface area (TPSA) is 72.2 Å². The number of hydrogen-bond acceptors (Lipinski definition) is 3. The van der Waals surface area contributed by atoms with E-state index in [1.54, 1.807) is 18.2 Å². The molecule has 4 nitrogen and oxygen atoms in total. The van der Waals surface area contributed by atoms with Crippen molar-refractivity contribution in [1.82, 2.24) is 5.32 Å². The molecule has 2 aliphatic carbocycles. The molecule has 2 saturated carbocycles. The molecular weight excluding hydrogens is 284 g/mol. The Balaban J connectivity index is 1.57. The first-order chi connectivity index (χ1) is 10.0. The van der Waals surface area contributed by atoms with E-state index in [4.69, 9.17) is 5.14 Å². The summed E-state index contributed by atoms with van der Waals surface area (Å²) in [6.45, 7) is 0.714. The molecule has 3 rings (SSSR count). The highest BCUT2D eigenvalue weighted by atomic mass is 32.2. The monoisotopic (exact) mass is 308 g/mol. The summed E-state index contributed by atoms with van der Waals surface area (Å²) in [6, 6.07) is 7.49. The number of rotatable bonds is 5. The van der Waals surface area contributed by atoms with Gasteiger partial charge in [0.05, 0.1) is 4.90 Å². The van der Waals surface area contributed by atoms with Crippen LogP contribution in [-0.2, 0) is 16.6 Å². The molecule has 2 unspecified atom stereocenters. The third-order valence-electron chi connectivity index (χ3n) is 4.83. The summed E-state index contributed by atoms with van der Waals surface area (Å²) >= 11 is 0. The van der Waals surface area contributed by atoms with E-state index >= 15 is 0 Å². The molecule has 0 saturated heterocycles. The molecule has 0 spiro atoms. The summed E-state index contributed by atoms with van der Waals surface area (Å²) in [7, 11) is -3.61. The van der Waals surface area contributed by atoms with E-state index in [0.29, 0.717) is 12.6 Å². The first-order valence-electron chi connectivity index (χ1n) is 7.87. The smallest absolute Gasteiger partial charge is 0.238 e. The van der Waals surface area contributed by atoms with E-state index in [1.165, 1.54) is 38.5 Å². The molecule has 21 heavy (non-hydrogen) atoms. The lowest BCUT2D eigenvalue weighted by atomic mass is 9.82. The molecular formula is C16H24N2O2S. The number of nitrogens with one attached hydrogen (secondary N) is 1. The molecule has 0 aliphatic heterocycles. The van der Waals surface area contributed by atoms with Crippen molar-refractivity contribution < 1.29 is 8.42 Å². The number of sulfonamides is 1. The van der Waals surface area contributed by atoms with Crippen LogP contribution in [0, 0.1) is 11.8 Å². The quantitative estimate of drug-likeness (QED) is 0.877. The van der Waals surface area contributed by atoms with Crippen LogP contribution in [0.5, 0.6) is 0 Å². The maximum absolute atomic E-state index is 11.4. The fourth-order valence-corrected chi connectivity index (χ4v) is 4.09. The number of benzene rings is 1. The van der Waals surface area contributed by atoms with Crippen molar-refractivity contribution in [3.05, 3.63) is 29.8 Å². The average molecular weight is 308 g/mol. The lowest BCUT2D eigenvalue weighted by Crippen LogP contribution is -2.34. The largest absolute Gasteiger partial charge is 0.310 e. The Hall–Kier alpha value is -0.910. The van der Waals surface area contributed by atoms with Gasteiger partial charge in [0.25, 0.3) is 0 Å². The first kappa shape index (κ1) is 15.0. The van der Waals surface area contributed by atoms with Gasteiger partial charge in [0.1, 0.15) is 0 Å². The van der Waals surface area contributed by atoms with Crippen LogP contribution in [0.15, 0.2) is 29.2 Å². The SMILES string of the molecule is NS(=O)(=O)c1cccc(CNC2CCCC(C3CC3)C2)c1. The molecule has 5 heteroatoms. The zero-order valence-corrected chi connectivity index (χ0v) is 13.1. The lowest BCUT2D eigenvalue weighted by molar-refractivity contribution is 0.260. The second kappa shape index (κ2) is 6.07. The van der Waals surface area contributed by atoms with E-state index in [1.807, 2.05) is 6.07 Å².